The predicted molar refractivity (Wildman–Crippen MR) is 102 cm³/mol. The highest BCUT2D eigenvalue weighted by Crippen LogP contribution is 2.31. The molecule has 2 aromatic heterocycles. The van der Waals surface area contributed by atoms with E-state index in [-0.39, 0.29) is 12.5 Å². The lowest BCUT2D eigenvalue weighted by atomic mass is 10.1. The number of rotatable bonds is 4. The molecule has 1 amide bonds. The maximum Gasteiger partial charge on any atom is 0.416 e. The van der Waals surface area contributed by atoms with E-state index in [1.54, 1.807) is 17.5 Å². The Kier molecular flexibility index (Phi) is 4.64. The van der Waals surface area contributed by atoms with Crippen molar-refractivity contribution in [1.29, 1.82) is 0 Å². The minimum absolute atomic E-state index is 0.0132. The van der Waals surface area contributed by atoms with Gasteiger partial charge in [-0.25, -0.2) is 0 Å². The van der Waals surface area contributed by atoms with Crippen molar-refractivity contribution in [3.63, 3.8) is 0 Å². The molecule has 0 fully saturated rings. The van der Waals surface area contributed by atoms with E-state index in [9.17, 15) is 18.0 Å². The molecule has 0 aliphatic carbocycles. The summed E-state index contributed by atoms with van der Waals surface area (Å²) in [5, 5.41) is 12.6. The van der Waals surface area contributed by atoms with Crippen LogP contribution in [0.2, 0.25) is 0 Å². The molecule has 2 aromatic carbocycles. The van der Waals surface area contributed by atoms with Crippen molar-refractivity contribution in [3.05, 3.63) is 76.7 Å². The van der Waals surface area contributed by atoms with Crippen molar-refractivity contribution in [2.75, 3.05) is 0 Å². The molecular weight excluding hydrogens is 387 g/mol. The van der Waals surface area contributed by atoms with Crippen molar-refractivity contribution in [2.24, 2.45) is 0 Å². The predicted octanol–water partition coefficient (Wildman–Crippen LogP) is 5.24. The second-order valence-corrected chi connectivity index (χ2v) is 7.11. The molecule has 0 radical (unpaired) electrons. The average Bonchev–Trinajstić information content (AvgIpc) is 3.32. The van der Waals surface area contributed by atoms with Gasteiger partial charge in [0.25, 0.3) is 5.91 Å². The number of carbonyl (C=O) groups excluding carboxylic acids is 1. The molecule has 0 saturated carbocycles. The van der Waals surface area contributed by atoms with Crippen LogP contribution < -0.4 is 5.32 Å². The summed E-state index contributed by atoms with van der Waals surface area (Å²) in [6, 6.07) is 14.3. The number of nitrogens with zero attached hydrogens (tertiary/aromatic N) is 1. The molecule has 0 unspecified atom stereocenters. The average molecular weight is 401 g/mol. The first kappa shape index (κ1) is 18.2. The van der Waals surface area contributed by atoms with E-state index in [1.165, 1.54) is 17.4 Å². The fourth-order valence-electron chi connectivity index (χ4n) is 2.87. The number of fused-ring (bicyclic) bond motifs is 1. The SMILES string of the molecule is O=C(NCc1cccc(C(F)(F)F)c1)c1csc(-c2n[nH]c3ccccc23)c1. The Morgan fingerprint density at radius 2 is 1.93 bits per heavy atom. The Labute approximate surface area is 162 Å². The van der Waals surface area contributed by atoms with Crippen LogP contribution in [-0.4, -0.2) is 16.1 Å². The molecule has 0 aliphatic rings. The van der Waals surface area contributed by atoms with Gasteiger partial charge in [-0.3, -0.25) is 9.89 Å². The third kappa shape index (κ3) is 3.63. The summed E-state index contributed by atoms with van der Waals surface area (Å²) in [7, 11) is 0. The van der Waals surface area contributed by atoms with Crippen molar-refractivity contribution < 1.29 is 18.0 Å². The summed E-state index contributed by atoms with van der Waals surface area (Å²) in [6.45, 7) is 0.0132. The summed E-state index contributed by atoms with van der Waals surface area (Å²) in [6.07, 6.45) is -4.41. The molecule has 0 spiro atoms. The highest BCUT2D eigenvalue weighted by atomic mass is 32.1. The minimum Gasteiger partial charge on any atom is -0.348 e. The monoisotopic (exact) mass is 401 g/mol. The van der Waals surface area contributed by atoms with Crippen molar-refractivity contribution in [3.8, 4) is 10.6 Å². The topological polar surface area (TPSA) is 57.8 Å². The molecule has 4 aromatic rings. The van der Waals surface area contributed by atoms with Crippen molar-refractivity contribution in [1.82, 2.24) is 15.5 Å². The molecule has 0 aliphatic heterocycles. The zero-order chi connectivity index (χ0) is 19.7. The van der Waals surface area contributed by atoms with Gasteiger partial charge < -0.3 is 5.32 Å². The zero-order valence-corrected chi connectivity index (χ0v) is 15.2. The molecule has 4 rings (SSSR count). The van der Waals surface area contributed by atoms with Gasteiger partial charge in [0.2, 0.25) is 0 Å². The van der Waals surface area contributed by atoms with Crippen LogP contribution in [-0.2, 0) is 12.7 Å². The number of hydrogen-bond acceptors (Lipinski definition) is 3. The van der Waals surface area contributed by atoms with Crippen LogP contribution >= 0.6 is 11.3 Å². The lowest BCUT2D eigenvalue weighted by molar-refractivity contribution is -0.137. The Bertz CT molecular complexity index is 1150. The second-order valence-electron chi connectivity index (χ2n) is 6.20. The lowest BCUT2D eigenvalue weighted by Gasteiger charge is -2.09. The summed E-state index contributed by atoms with van der Waals surface area (Å²) >= 11 is 1.39. The van der Waals surface area contributed by atoms with Crippen LogP contribution in [0.5, 0.6) is 0 Å². The van der Waals surface area contributed by atoms with Crippen LogP contribution in [0.15, 0.2) is 60.0 Å². The van der Waals surface area contributed by atoms with Crippen LogP contribution in [0.25, 0.3) is 21.5 Å². The minimum atomic E-state index is -4.41. The maximum atomic E-state index is 12.8. The molecule has 4 nitrogen and oxygen atoms in total. The summed E-state index contributed by atoms with van der Waals surface area (Å²) in [5.74, 6) is -0.347. The molecule has 28 heavy (non-hydrogen) atoms. The first-order chi connectivity index (χ1) is 13.4. The van der Waals surface area contributed by atoms with Gasteiger partial charge >= 0.3 is 6.18 Å². The number of para-hydroxylation sites is 1. The van der Waals surface area contributed by atoms with E-state index in [4.69, 9.17) is 0 Å². The van der Waals surface area contributed by atoms with Crippen LogP contribution in [0.3, 0.4) is 0 Å². The van der Waals surface area contributed by atoms with Gasteiger partial charge in [0.1, 0.15) is 5.69 Å². The number of halogens is 3. The largest absolute Gasteiger partial charge is 0.416 e. The number of thiophene rings is 1. The Morgan fingerprint density at radius 1 is 1.11 bits per heavy atom. The Balaban J connectivity index is 1.48. The summed E-state index contributed by atoms with van der Waals surface area (Å²) < 4.78 is 38.4. The number of benzene rings is 2. The molecular formula is C20H14F3N3OS. The maximum absolute atomic E-state index is 12.8. The number of carbonyl (C=O) groups is 1. The number of aromatic amines is 1. The van der Waals surface area contributed by atoms with Gasteiger partial charge in [-0.05, 0) is 29.8 Å². The van der Waals surface area contributed by atoms with Crippen molar-refractivity contribution in [2.45, 2.75) is 12.7 Å². The van der Waals surface area contributed by atoms with Crippen LogP contribution in [0, 0.1) is 0 Å². The molecule has 0 saturated heterocycles. The van der Waals surface area contributed by atoms with Gasteiger partial charge in [0, 0.05) is 17.3 Å². The number of alkyl halides is 3. The third-order valence-corrected chi connectivity index (χ3v) is 5.21. The van der Waals surface area contributed by atoms with E-state index in [1.807, 2.05) is 24.3 Å². The molecule has 2 N–H and O–H groups in total. The van der Waals surface area contributed by atoms with Crippen LogP contribution in [0.4, 0.5) is 13.2 Å². The van der Waals surface area contributed by atoms with E-state index in [0.717, 1.165) is 33.6 Å². The van der Waals surface area contributed by atoms with Gasteiger partial charge in [-0.2, -0.15) is 18.3 Å². The molecule has 8 heteroatoms. The standard InChI is InChI=1S/C20H14F3N3OS/c21-20(22,23)14-5-3-4-12(8-14)10-24-19(27)13-9-17(28-11-13)18-15-6-1-2-7-16(15)25-26-18/h1-9,11H,10H2,(H,24,27)(H,25,26). The summed E-state index contributed by atoms with van der Waals surface area (Å²) in [5.41, 5.74) is 1.76. The first-order valence-electron chi connectivity index (χ1n) is 8.38. The first-order valence-corrected chi connectivity index (χ1v) is 9.26. The van der Waals surface area contributed by atoms with Crippen molar-refractivity contribution >= 4 is 28.1 Å². The molecule has 0 atom stereocenters. The molecule has 0 bridgehead atoms. The van der Waals surface area contributed by atoms with Crippen LogP contribution in [0.1, 0.15) is 21.5 Å². The highest BCUT2D eigenvalue weighted by molar-refractivity contribution is 7.14. The number of H-pyrrole nitrogens is 1. The summed E-state index contributed by atoms with van der Waals surface area (Å²) in [4.78, 5) is 13.2. The van der Waals surface area contributed by atoms with E-state index in [0.29, 0.717) is 11.1 Å². The number of nitrogens with one attached hydrogen (secondary N) is 2. The number of hydrogen-bond donors (Lipinski definition) is 2. The molecule has 2 heterocycles. The zero-order valence-electron chi connectivity index (χ0n) is 14.4. The van der Waals surface area contributed by atoms with E-state index in [2.05, 4.69) is 15.5 Å². The Morgan fingerprint density at radius 3 is 2.75 bits per heavy atom. The molecule has 142 valence electrons. The lowest BCUT2D eigenvalue weighted by Crippen LogP contribution is -2.22. The number of aromatic nitrogens is 2. The van der Waals surface area contributed by atoms with Gasteiger partial charge in [-0.15, -0.1) is 11.3 Å². The smallest absolute Gasteiger partial charge is 0.348 e. The number of amides is 1. The van der Waals surface area contributed by atoms with Gasteiger partial charge in [0.15, 0.2) is 0 Å². The second kappa shape index (κ2) is 7.12. The quantitative estimate of drug-likeness (QED) is 0.491. The van der Waals surface area contributed by atoms with Gasteiger partial charge in [-0.1, -0.05) is 30.3 Å². The fourth-order valence-corrected chi connectivity index (χ4v) is 3.76. The van der Waals surface area contributed by atoms with E-state index < -0.39 is 11.7 Å². The normalized spacial score (nSPS) is 11.7. The Hall–Kier alpha value is -3.13. The van der Waals surface area contributed by atoms with Gasteiger partial charge in [0.05, 0.1) is 21.5 Å². The highest BCUT2D eigenvalue weighted by Gasteiger charge is 2.30. The third-order valence-electron chi connectivity index (χ3n) is 4.27. The van der Waals surface area contributed by atoms with E-state index >= 15 is 0 Å². The fraction of sp³-hybridized carbons (Fsp3) is 0.100.